The second-order valence-corrected chi connectivity index (χ2v) is 5.43. The first-order chi connectivity index (χ1) is 8.90. The molecule has 4 nitrogen and oxygen atoms in total. The molecule has 2 N–H and O–H groups in total. The molecule has 0 unspecified atom stereocenters. The molecule has 0 fully saturated rings. The average molecular weight is 322 g/mol. The van der Waals surface area contributed by atoms with Gasteiger partial charge in [0.1, 0.15) is 0 Å². The second-order valence-electron chi connectivity index (χ2n) is 4.64. The van der Waals surface area contributed by atoms with Crippen molar-refractivity contribution in [3.63, 3.8) is 0 Å². The summed E-state index contributed by atoms with van der Waals surface area (Å²) in [6.45, 7) is 3.81. The molecule has 0 radical (unpaired) electrons. The van der Waals surface area contributed by atoms with E-state index in [1.54, 1.807) is 16.8 Å². The Morgan fingerprint density at radius 1 is 1.42 bits per heavy atom. The third-order valence-corrected chi connectivity index (χ3v) is 4.21. The zero-order valence-electron chi connectivity index (χ0n) is 11.2. The minimum Gasteiger partial charge on any atom is -0.399 e. The van der Waals surface area contributed by atoms with Crippen LogP contribution < -0.4 is 5.73 Å². The zero-order valence-corrected chi connectivity index (χ0v) is 12.8. The molecule has 0 aliphatic carbocycles. The minimum atomic E-state index is 0.0619. The van der Waals surface area contributed by atoms with E-state index in [9.17, 15) is 4.79 Å². The maximum absolute atomic E-state index is 12.3. The van der Waals surface area contributed by atoms with Crippen LogP contribution in [-0.2, 0) is 13.5 Å². The summed E-state index contributed by atoms with van der Waals surface area (Å²) in [4.78, 5) is 12.3. The van der Waals surface area contributed by atoms with Crippen LogP contribution in [0.25, 0.3) is 0 Å². The van der Waals surface area contributed by atoms with Gasteiger partial charge < -0.3 is 5.73 Å². The molecule has 100 valence electrons. The number of halogens is 1. The standard InChI is InChI=1S/C14H16BrN3O/c1-8-6-10(4-5-11(8)16)13(19)7-12-14(15)9(2)17-18(12)3/h4-6H,7,16H2,1-3H3. The van der Waals surface area contributed by atoms with Gasteiger partial charge in [-0.05, 0) is 53.5 Å². The molecule has 0 bridgehead atoms. The third-order valence-electron chi connectivity index (χ3n) is 3.18. The highest BCUT2D eigenvalue weighted by atomic mass is 79.9. The van der Waals surface area contributed by atoms with Gasteiger partial charge in [0, 0.05) is 18.3 Å². The predicted molar refractivity (Wildman–Crippen MR) is 79.3 cm³/mol. The van der Waals surface area contributed by atoms with Crippen molar-refractivity contribution >= 4 is 27.4 Å². The highest BCUT2D eigenvalue weighted by molar-refractivity contribution is 9.10. The number of aryl methyl sites for hydroxylation is 3. The molecule has 2 aromatic rings. The molecule has 0 atom stereocenters. The fraction of sp³-hybridized carbons (Fsp3) is 0.286. The molecular formula is C14H16BrN3O. The minimum absolute atomic E-state index is 0.0619. The second kappa shape index (κ2) is 5.17. The molecule has 1 aromatic carbocycles. The van der Waals surface area contributed by atoms with Gasteiger partial charge in [-0.25, -0.2) is 0 Å². The molecule has 0 spiro atoms. The lowest BCUT2D eigenvalue weighted by atomic mass is 10.0. The lowest BCUT2D eigenvalue weighted by Gasteiger charge is -2.05. The van der Waals surface area contributed by atoms with Crippen molar-refractivity contribution in [2.24, 2.45) is 7.05 Å². The molecule has 2 rings (SSSR count). The van der Waals surface area contributed by atoms with Crippen molar-refractivity contribution in [1.29, 1.82) is 0 Å². The molecule has 19 heavy (non-hydrogen) atoms. The highest BCUT2D eigenvalue weighted by Gasteiger charge is 2.16. The van der Waals surface area contributed by atoms with E-state index in [1.807, 2.05) is 27.0 Å². The summed E-state index contributed by atoms with van der Waals surface area (Å²) in [6, 6.07) is 5.36. The Hall–Kier alpha value is -1.62. The van der Waals surface area contributed by atoms with Gasteiger partial charge in [0.25, 0.3) is 0 Å². The van der Waals surface area contributed by atoms with Crippen molar-refractivity contribution in [2.75, 3.05) is 5.73 Å². The number of aromatic nitrogens is 2. The van der Waals surface area contributed by atoms with Crippen molar-refractivity contribution in [2.45, 2.75) is 20.3 Å². The fourth-order valence-corrected chi connectivity index (χ4v) is 2.45. The van der Waals surface area contributed by atoms with Crippen LogP contribution in [0.3, 0.4) is 0 Å². The lowest BCUT2D eigenvalue weighted by Crippen LogP contribution is -2.09. The Morgan fingerprint density at radius 3 is 2.63 bits per heavy atom. The van der Waals surface area contributed by atoms with Gasteiger partial charge >= 0.3 is 0 Å². The van der Waals surface area contributed by atoms with Crippen molar-refractivity contribution in [3.05, 3.63) is 45.2 Å². The number of Topliss-reactive ketones (excluding diaryl/α,β-unsaturated/α-hetero) is 1. The van der Waals surface area contributed by atoms with Crippen LogP contribution in [0.4, 0.5) is 5.69 Å². The number of anilines is 1. The molecule has 0 amide bonds. The monoisotopic (exact) mass is 321 g/mol. The Bertz CT molecular complexity index is 646. The molecule has 1 aromatic heterocycles. The summed E-state index contributed by atoms with van der Waals surface area (Å²) in [5.74, 6) is 0.0619. The van der Waals surface area contributed by atoms with Crippen LogP contribution in [-0.4, -0.2) is 15.6 Å². The first-order valence-corrected chi connectivity index (χ1v) is 6.76. The number of hydrogen-bond acceptors (Lipinski definition) is 3. The average Bonchev–Trinajstić information content (AvgIpc) is 2.59. The van der Waals surface area contributed by atoms with Crippen LogP contribution in [0.1, 0.15) is 27.3 Å². The lowest BCUT2D eigenvalue weighted by molar-refractivity contribution is 0.0990. The van der Waals surface area contributed by atoms with Gasteiger partial charge in [0.15, 0.2) is 5.78 Å². The van der Waals surface area contributed by atoms with E-state index < -0.39 is 0 Å². The molecule has 0 aliphatic rings. The predicted octanol–water partition coefficient (Wildman–Crippen LogP) is 2.81. The van der Waals surface area contributed by atoms with Gasteiger partial charge in [-0.3, -0.25) is 9.48 Å². The number of carbonyl (C=O) groups excluding carboxylic acids is 1. The van der Waals surface area contributed by atoms with Crippen molar-refractivity contribution in [1.82, 2.24) is 9.78 Å². The van der Waals surface area contributed by atoms with Crippen LogP contribution in [0.2, 0.25) is 0 Å². The molecule has 5 heteroatoms. The first kappa shape index (κ1) is 13.8. The van der Waals surface area contributed by atoms with Crippen LogP contribution in [0.15, 0.2) is 22.7 Å². The van der Waals surface area contributed by atoms with E-state index in [4.69, 9.17) is 5.73 Å². The number of benzene rings is 1. The largest absolute Gasteiger partial charge is 0.399 e. The summed E-state index contributed by atoms with van der Waals surface area (Å²) in [6.07, 6.45) is 0.321. The molecule has 0 saturated heterocycles. The van der Waals surface area contributed by atoms with E-state index in [1.165, 1.54) is 0 Å². The number of nitrogens with zero attached hydrogens (tertiary/aromatic N) is 2. The normalized spacial score (nSPS) is 10.7. The quantitative estimate of drug-likeness (QED) is 0.698. The van der Waals surface area contributed by atoms with E-state index in [0.29, 0.717) is 17.7 Å². The van der Waals surface area contributed by atoms with Crippen LogP contribution >= 0.6 is 15.9 Å². The third kappa shape index (κ3) is 2.71. The van der Waals surface area contributed by atoms with Crippen LogP contribution in [0.5, 0.6) is 0 Å². The Morgan fingerprint density at radius 2 is 2.11 bits per heavy atom. The zero-order chi connectivity index (χ0) is 14.2. The molecule has 1 heterocycles. The van der Waals surface area contributed by atoms with Gasteiger partial charge in [-0.1, -0.05) is 0 Å². The van der Waals surface area contributed by atoms with Crippen LogP contribution in [0, 0.1) is 13.8 Å². The summed E-state index contributed by atoms with van der Waals surface area (Å²) in [7, 11) is 1.84. The number of carbonyl (C=O) groups is 1. The number of ketones is 1. The molecule has 0 aliphatic heterocycles. The SMILES string of the molecule is Cc1cc(C(=O)Cc2c(Br)c(C)nn2C)ccc1N. The van der Waals surface area contributed by atoms with Crippen molar-refractivity contribution < 1.29 is 4.79 Å². The Labute approximate surface area is 120 Å². The van der Waals surface area contributed by atoms with Gasteiger partial charge in [0.2, 0.25) is 0 Å². The Kier molecular flexibility index (Phi) is 3.75. The van der Waals surface area contributed by atoms with Gasteiger partial charge in [-0.15, -0.1) is 0 Å². The molecular weight excluding hydrogens is 306 g/mol. The summed E-state index contributed by atoms with van der Waals surface area (Å²) in [5.41, 5.74) is 9.84. The Balaban J connectivity index is 2.28. The number of rotatable bonds is 3. The maximum atomic E-state index is 12.3. The van der Waals surface area contributed by atoms with E-state index in [2.05, 4.69) is 21.0 Å². The first-order valence-electron chi connectivity index (χ1n) is 5.97. The highest BCUT2D eigenvalue weighted by Crippen LogP contribution is 2.22. The van der Waals surface area contributed by atoms with Gasteiger partial charge in [-0.2, -0.15) is 5.10 Å². The number of hydrogen-bond donors (Lipinski definition) is 1. The smallest absolute Gasteiger partial charge is 0.168 e. The maximum Gasteiger partial charge on any atom is 0.168 e. The summed E-state index contributed by atoms with van der Waals surface area (Å²) >= 11 is 3.47. The van der Waals surface area contributed by atoms with E-state index >= 15 is 0 Å². The number of nitrogens with two attached hydrogens (primary N) is 1. The summed E-state index contributed by atoms with van der Waals surface area (Å²) < 4.78 is 2.64. The van der Waals surface area contributed by atoms with E-state index in [-0.39, 0.29) is 5.78 Å². The summed E-state index contributed by atoms with van der Waals surface area (Å²) in [5, 5.41) is 4.29. The van der Waals surface area contributed by atoms with Gasteiger partial charge in [0.05, 0.1) is 22.3 Å². The fourth-order valence-electron chi connectivity index (χ4n) is 1.98. The topological polar surface area (TPSA) is 60.9 Å². The molecule has 0 saturated carbocycles. The van der Waals surface area contributed by atoms with E-state index in [0.717, 1.165) is 21.4 Å². The van der Waals surface area contributed by atoms with Crippen molar-refractivity contribution in [3.8, 4) is 0 Å². The number of nitrogen functional groups attached to an aromatic ring is 1.